The number of nitrogens with one attached hydrogen (secondary N) is 1. The molecule has 0 fully saturated rings. The molecule has 146 valence electrons. The second-order valence-corrected chi connectivity index (χ2v) is 9.16. The Bertz CT molecular complexity index is 1020. The van der Waals surface area contributed by atoms with Crippen LogP contribution in [0.2, 0.25) is 0 Å². The molecular formula is C20H22N4O2S2. The molecule has 1 aliphatic carbocycles. The predicted octanol–water partition coefficient (Wildman–Crippen LogP) is 5.45. The number of anilines is 1. The number of fused-ring (bicyclic) bond motifs is 3. The summed E-state index contributed by atoms with van der Waals surface area (Å²) in [4.78, 5) is 22.6. The Kier molecular flexibility index (Phi) is 5.50. The number of aromatic nitrogens is 2. The average molecular weight is 415 g/mol. The van der Waals surface area contributed by atoms with Crippen molar-refractivity contribution in [3.8, 4) is 0 Å². The van der Waals surface area contributed by atoms with Gasteiger partial charge in [-0.2, -0.15) is 0 Å². The summed E-state index contributed by atoms with van der Waals surface area (Å²) in [6, 6.07) is 6.66. The minimum Gasteiger partial charge on any atom is -0.370 e. The first-order valence-electron chi connectivity index (χ1n) is 9.47. The van der Waals surface area contributed by atoms with Gasteiger partial charge in [0.15, 0.2) is 5.16 Å². The Morgan fingerprint density at radius 3 is 2.82 bits per heavy atom. The van der Waals surface area contributed by atoms with Crippen molar-refractivity contribution in [1.29, 1.82) is 0 Å². The monoisotopic (exact) mass is 414 g/mol. The molecule has 28 heavy (non-hydrogen) atoms. The van der Waals surface area contributed by atoms with Gasteiger partial charge in [0, 0.05) is 29.3 Å². The van der Waals surface area contributed by atoms with Gasteiger partial charge in [-0.25, -0.2) is 9.97 Å². The number of nitro groups is 1. The quantitative estimate of drug-likeness (QED) is 0.250. The molecule has 3 aromatic rings. The third-order valence-electron chi connectivity index (χ3n) is 4.99. The van der Waals surface area contributed by atoms with Crippen molar-refractivity contribution in [2.24, 2.45) is 5.92 Å². The van der Waals surface area contributed by atoms with Gasteiger partial charge in [0.05, 0.1) is 10.3 Å². The SMILES string of the molecule is CCNc1nc(SCc2ccc([N+](=O)[O-])cc2)nc2sc3c(c12)CC[C@@H](C)C3. The van der Waals surface area contributed by atoms with Crippen LogP contribution in [0.1, 0.15) is 36.3 Å². The van der Waals surface area contributed by atoms with Crippen molar-refractivity contribution < 1.29 is 4.92 Å². The molecule has 0 saturated heterocycles. The Labute approximate surface area is 171 Å². The number of nitro benzene ring substituents is 1. The molecular weight excluding hydrogens is 392 g/mol. The van der Waals surface area contributed by atoms with Crippen LogP contribution in [0, 0.1) is 16.0 Å². The Morgan fingerprint density at radius 2 is 2.11 bits per heavy atom. The van der Waals surface area contributed by atoms with E-state index in [0.29, 0.717) is 5.75 Å². The second kappa shape index (κ2) is 8.05. The number of hydrogen-bond acceptors (Lipinski definition) is 7. The van der Waals surface area contributed by atoms with Crippen molar-refractivity contribution in [3.63, 3.8) is 0 Å². The fraction of sp³-hybridized carbons (Fsp3) is 0.400. The number of thioether (sulfide) groups is 1. The van der Waals surface area contributed by atoms with Crippen LogP contribution in [-0.2, 0) is 18.6 Å². The summed E-state index contributed by atoms with van der Waals surface area (Å²) in [5.41, 5.74) is 2.56. The van der Waals surface area contributed by atoms with Gasteiger partial charge in [0.25, 0.3) is 5.69 Å². The summed E-state index contributed by atoms with van der Waals surface area (Å²) in [7, 11) is 0. The minimum atomic E-state index is -0.379. The predicted molar refractivity (Wildman–Crippen MR) is 115 cm³/mol. The molecule has 1 aliphatic rings. The van der Waals surface area contributed by atoms with Gasteiger partial charge in [-0.05, 0) is 43.2 Å². The van der Waals surface area contributed by atoms with Crippen molar-refractivity contribution in [2.45, 2.75) is 44.0 Å². The van der Waals surface area contributed by atoms with Crippen LogP contribution in [0.15, 0.2) is 29.4 Å². The van der Waals surface area contributed by atoms with E-state index < -0.39 is 0 Å². The lowest BCUT2D eigenvalue weighted by Crippen LogP contribution is -2.09. The first-order valence-corrected chi connectivity index (χ1v) is 11.3. The first-order chi connectivity index (χ1) is 13.5. The molecule has 8 heteroatoms. The third-order valence-corrected chi connectivity index (χ3v) is 7.06. The van der Waals surface area contributed by atoms with Crippen molar-refractivity contribution in [1.82, 2.24) is 9.97 Å². The molecule has 0 aliphatic heterocycles. The van der Waals surface area contributed by atoms with Crippen LogP contribution in [0.25, 0.3) is 10.2 Å². The fourth-order valence-electron chi connectivity index (χ4n) is 3.54. The van der Waals surface area contributed by atoms with Crippen molar-refractivity contribution in [3.05, 3.63) is 50.4 Å². The molecule has 0 spiro atoms. The maximum Gasteiger partial charge on any atom is 0.269 e. The van der Waals surface area contributed by atoms with E-state index in [1.54, 1.807) is 47.4 Å². The zero-order valence-electron chi connectivity index (χ0n) is 15.9. The lowest BCUT2D eigenvalue weighted by molar-refractivity contribution is -0.384. The van der Waals surface area contributed by atoms with Crippen LogP contribution >= 0.6 is 23.1 Å². The molecule has 2 heterocycles. The van der Waals surface area contributed by atoms with Gasteiger partial charge >= 0.3 is 0 Å². The number of aryl methyl sites for hydroxylation is 1. The highest BCUT2D eigenvalue weighted by Crippen LogP contribution is 2.41. The smallest absolute Gasteiger partial charge is 0.269 e. The van der Waals surface area contributed by atoms with Crippen LogP contribution in [-0.4, -0.2) is 21.4 Å². The molecule has 6 nitrogen and oxygen atoms in total. The van der Waals surface area contributed by atoms with Crippen LogP contribution in [0.4, 0.5) is 11.5 Å². The number of nitrogens with zero attached hydrogens (tertiary/aromatic N) is 3. The molecule has 1 aromatic carbocycles. The zero-order valence-corrected chi connectivity index (χ0v) is 17.5. The van der Waals surface area contributed by atoms with Crippen LogP contribution in [0.3, 0.4) is 0 Å². The third kappa shape index (κ3) is 3.84. The van der Waals surface area contributed by atoms with Gasteiger partial charge in [-0.15, -0.1) is 11.3 Å². The molecule has 0 amide bonds. The molecule has 1 N–H and O–H groups in total. The zero-order chi connectivity index (χ0) is 19.7. The Hall–Kier alpha value is -2.19. The summed E-state index contributed by atoms with van der Waals surface area (Å²) >= 11 is 3.37. The lowest BCUT2D eigenvalue weighted by atomic mass is 9.89. The van der Waals surface area contributed by atoms with Gasteiger partial charge in [-0.1, -0.05) is 30.8 Å². The highest BCUT2D eigenvalue weighted by Gasteiger charge is 2.24. The molecule has 0 bridgehead atoms. The van der Waals surface area contributed by atoms with E-state index in [1.165, 1.54) is 22.2 Å². The minimum absolute atomic E-state index is 0.110. The first kappa shape index (κ1) is 19.1. The van der Waals surface area contributed by atoms with E-state index >= 15 is 0 Å². The highest BCUT2D eigenvalue weighted by molar-refractivity contribution is 7.98. The summed E-state index contributed by atoms with van der Waals surface area (Å²) < 4.78 is 0. The lowest BCUT2D eigenvalue weighted by Gasteiger charge is -2.18. The summed E-state index contributed by atoms with van der Waals surface area (Å²) in [6.45, 7) is 5.22. The second-order valence-electron chi connectivity index (χ2n) is 7.13. The number of rotatable bonds is 6. The number of non-ortho nitro benzene ring substituents is 1. The molecule has 1 atom stereocenters. The van der Waals surface area contributed by atoms with Crippen molar-refractivity contribution in [2.75, 3.05) is 11.9 Å². The Morgan fingerprint density at radius 1 is 1.32 bits per heavy atom. The largest absolute Gasteiger partial charge is 0.370 e. The van der Waals surface area contributed by atoms with Crippen LogP contribution < -0.4 is 5.32 Å². The molecule has 2 aromatic heterocycles. The Balaban J connectivity index is 1.61. The highest BCUT2D eigenvalue weighted by atomic mass is 32.2. The number of thiophene rings is 1. The number of benzene rings is 1. The number of hydrogen-bond donors (Lipinski definition) is 1. The van der Waals surface area contributed by atoms with E-state index in [-0.39, 0.29) is 10.6 Å². The molecule has 0 unspecified atom stereocenters. The normalized spacial score (nSPS) is 16.1. The van der Waals surface area contributed by atoms with Gasteiger partial charge < -0.3 is 5.32 Å². The van der Waals surface area contributed by atoms with E-state index in [1.807, 2.05) is 0 Å². The topological polar surface area (TPSA) is 81.0 Å². The van der Waals surface area contributed by atoms with Crippen LogP contribution in [0.5, 0.6) is 0 Å². The van der Waals surface area contributed by atoms with Crippen molar-refractivity contribution >= 4 is 44.8 Å². The van der Waals surface area contributed by atoms with E-state index in [0.717, 1.165) is 46.7 Å². The van der Waals surface area contributed by atoms with Gasteiger partial charge in [0.1, 0.15) is 10.6 Å². The summed E-state index contributed by atoms with van der Waals surface area (Å²) in [6.07, 6.45) is 3.46. The van der Waals surface area contributed by atoms with Gasteiger partial charge in [-0.3, -0.25) is 10.1 Å². The van der Waals surface area contributed by atoms with Gasteiger partial charge in [0.2, 0.25) is 0 Å². The van der Waals surface area contributed by atoms with E-state index in [2.05, 4.69) is 19.2 Å². The molecule has 0 saturated carbocycles. The maximum absolute atomic E-state index is 10.8. The summed E-state index contributed by atoms with van der Waals surface area (Å²) in [5, 5.41) is 16.2. The molecule has 0 radical (unpaired) electrons. The fourth-order valence-corrected chi connectivity index (χ4v) is 5.78. The standard InChI is InChI=1S/C20H22N4O2S2/c1-3-21-18-17-15-9-4-12(2)10-16(15)28-19(17)23-20(22-18)27-11-13-5-7-14(8-6-13)24(25)26/h5-8,12H,3-4,9-11H2,1-2H3,(H,21,22,23)/t12-/m1/s1. The average Bonchev–Trinajstić information content (AvgIpc) is 3.04. The molecule has 4 rings (SSSR count). The summed E-state index contributed by atoms with van der Waals surface area (Å²) in [5.74, 6) is 2.34. The van der Waals surface area contributed by atoms with E-state index in [9.17, 15) is 10.1 Å². The maximum atomic E-state index is 10.8. The van der Waals surface area contributed by atoms with E-state index in [4.69, 9.17) is 9.97 Å².